The van der Waals surface area contributed by atoms with Crippen molar-refractivity contribution in [2.24, 2.45) is 5.73 Å². The molecule has 1 aliphatic heterocycles. The lowest BCUT2D eigenvalue weighted by molar-refractivity contribution is 0.0841. The molecule has 0 spiro atoms. The van der Waals surface area contributed by atoms with E-state index in [1.165, 1.54) is 0 Å². The normalized spacial score (nSPS) is 19.5. The van der Waals surface area contributed by atoms with Gasteiger partial charge in [0.1, 0.15) is 0 Å². The molecule has 0 aromatic rings. The zero-order valence-corrected chi connectivity index (χ0v) is 8.74. The Morgan fingerprint density at radius 1 is 1.25 bits per heavy atom. The van der Waals surface area contributed by atoms with E-state index in [0.29, 0.717) is 0 Å². The Kier molecular flexibility index (Phi) is 10.1. The largest absolute Gasteiger partial charge is 0.393 e. The molecule has 76 valence electrons. The minimum Gasteiger partial charge on any atom is -0.393 e. The Labute approximate surface area is 86.1 Å². The molecule has 0 radical (unpaired) electrons. The van der Waals surface area contributed by atoms with Crippen molar-refractivity contribution in [1.29, 1.82) is 0 Å². The van der Waals surface area contributed by atoms with Crippen molar-refractivity contribution in [2.45, 2.75) is 18.9 Å². The van der Waals surface area contributed by atoms with Crippen molar-refractivity contribution < 1.29 is 5.11 Å². The Morgan fingerprint density at radius 2 is 1.75 bits per heavy atom. The van der Waals surface area contributed by atoms with Gasteiger partial charge in [0.25, 0.3) is 0 Å². The Morgan fingerprint density at radius 3 is 2.17 bits per heavy atom. The highest BCUT2D eigenvalue weighted by Crippen LogP contribution is 2.08. The number of nitrogens with two attached hydrogens (primary N) is 1. The number of rotatable bonds is 2. The first-order valence-electron chi connectivity index (χ1n) is 3.93. The van der Waals surface area contributed by atoms with Crippen molar-refractivity contribution in [1.82, 2.24) is 4.90 Å². The molecule has 1 rings (SSSR count). The van der Waals surface area contributed by atoms with Crippen LogP contribution in [-0.2, 0) is 0 Å². The average molecular weight is 217 g/mol. The number of aliphatic hydroxyl groups excluding tert-OH is 1. The second-order valence-corrected chi connectivity index (χ2v) is 2.86. The maximum absolute atomic E-state index is 9.14. The van der Waals surface area contributed by atoms with Crippen LogP contribution in [0.2, 0.25) is 0 Å². The first-order chi connectivity index (χ1) is 4.83. The molecule has 3 nitrogen and oxygen atoms in total. The fourth-order valence-electron chi connectivity index (χ4n) is 1.33. The topological polar surface area (TPSA) is 49.5 Å². The Bertz CT molecular complexity index is 97.4. The Balaban J connectivity index is 0. The Hall–Kier alpha value is 0.460. The van der Waals surface area contributed by atoms with E-state index in [9.17, 15) is 0 Å². The van der Waals surface area contributed by atoms with Gasteiger partial charge in [0.2, 0.25) is 0 Å². The highest BCUT2D eigenvalue weighted by atomic mass is 35.5. The summed E-state index contributed by atoms with van der Waals surface area (Å²) in [6, 6.07) is 0. The summed E-state index contributed by atoms with van der Waals surface area (Å²) in [6.07, 6.45) is 1.77. The summed E-state index contributed by atoms with van der Waals surface area (Å²) in [5.74, 6) is 0. The molecule has 5 heteroatoms. The molecule has 0 atom stereocenters. The number of hydrogen-bond donors (Lipinski definition) is 2. The molecule has 0 amide bonds. The van der Waals surface area contributed by atoms with E-state index in [-0.39, 0.29) is 30.9 Å². The van der Waals surface area contributed by atoms with Crippen molar-refractivity contribution >= 4 is 24.8 Å². The van der Waals surface area contributed by atoms with Gasteiger partial charge in [-0.05, 0) is 12.8 Å². The maximum Gasteiger partial charge on any atom is 0.0564 e. The summed E-state index contributed by atoms with van der Waals surface area (Å²) in [7, 11) is 0. The van der Waals surface area contributed by atoms with Crippen LogP contribution in [0.1, 0.15) is 12.8 Å². The molecule has 3 N–H and O–H groups in total. The van der Waals surface area contributed by atoms with Crippen LogP contribution in [-0.4, -0.2) is 42.3 Å². The molecule has 1 fully saturated rings. The third-order valence-corrected chi connectivity index (χ3v) is 2.00. The lowest BCUT2D eigenvalue weighted by atomic mass is 10.1. The van der Waals surface area contributed by atoms with Crippen LogP contribution >= 0.6 is 24.8 Å². The second kappa shape index (κ2) is 8.08. The van der Waals surface area contributed by atoms with Gasteiger partial charge in [-0.25, -0.2) is 0 Å². The summed E-state index contributed by atoms with van der Waals surface area (Å²) in [6.45, 7) is 3.74. The van der Waals surface area contributed by atoms with Crippen LogP contribution in [0.3, 0.4) is 0 Å². The molecule has 1 heterocycles. The summed E-state index contributed by atoms with van der Waals surface area (Å²) in [5, 5.41) is 9.14. The van der Waals surface area contributed by atoms with E-state index in [1.54, 1.807) is 0 Å². The predicted molar refractivity (Wildman–Crippen MR) is 55.2 cm³/mol. The fourth-order valence-corrected chi connectivity index (χ4v) is 1.33. The molecule has 12 heavy (non-hydrogen) atoms. The maximum atomic E-state index is 9.14. The summed E-state index contributed by atoms with van der Waals surface area (Å²) in [4.78, 5) is 2.30. The quantitative estimate of drug-likeness (QED) is 0.696. The molecule has 1 saturated heterocycles. The van der Waals surface area contributed by atoms with Gasteiger partial charge in [0, 0.05) is 26.2 Å². The molecule has 1 aliphatic rings. The number of halogens is 2. The SMILES string of the molecule is Cl.Cl.NCCN1CCC(O)CC1. The number of piperidine rings is 1. The highest BCUT2D eigenvalue weighted by Gasteiger charge is 2.15. The monoisotopic (exact) mass is 216 g/mol. The smallest absolute Gasteiger partial charge is 0.0564 e. The van der Waals surface area contributed by atoms with Gasteiger partial charge in [0.05, 0.1) is 6.10 Å². The van der Waals surface area contributed by atoms with Crippen LogP contribution in [0, 0.1) is 0 Å². The predicted octanol–water partition coefficient (Wildman–Crippen LogP) is 0.245. The second-order valence-electron chi connectivity index (χ2n) is 2.86. The van der Waals surface area contributed by atoms with Crippen LogP contribution < -0.4 is 5.73 Å². The minimum atomic E-state index is -0.0611. The first kappa shape index (κ1) is 15.0. The highest BCUT2D eigenvalue weighted by molar-refractivity contribution is 5.85. The molecule has 0 bridgehead atoms. The lowest BCUT2D eigenvalue weighted by Gasteiger charge is -2.28. The molecular formula is C7H18Cl2N2O. The number of nitrogens with zero attached hydrogens (tertiary/aromatic N) is 1. The van der Waals surface area contributed by atoms with Gasteiger partial charge in [-0.3, -0.25) is 0 Å². The molecule has 0 saturated carbocycles. The van der Waals surface area contributed by atoms with Gasteiger partial charge < -0.3 is 15.7 Å². The van der Waals surface area contributed by atoms with Crippen molar-refractivity contribution in [2.75, 3.05) is 26.2 Å². The average Bonchev–Trinajstić information content (AvgIpc) is 1.95. The summed E-state index contributed by atoms with van der Waals surface area (Å²) >= 11 is 0. The molecular weight excluding hydrogens is 199 g/mol. The standard InChI is InChI=1S/C7H16N2O.2ClH/c8-3-6-9-4-1-7(10)2-5-9;;/h7,10H,1-6,8H2;2*1H. The summed E-state index contributed by atoms with van der Waals surface area (Å²) in [5.41, 5.74) is 5.39. The zero-order chi connectivity index (χ0) is 7.40. The third kappa shape index (κ3) is 5.17. The van der Waals surface area contributed by atoms with E-state index in [2.05, 4.69) is 4.90 Å². The fraction of sp³-hybridized carbons (Fsp3) is 1.00. The number of aliphatic hydroxyl groups is 1. The zero-order valence-electron chi connectivity index (χ0n) is 7.11. The molecule has 0 aliphatic carbocycles. The van der Waals surface area contributed by atoms with Crippen molar-refractivity contribution in [3.63, 3.8) is 0 Å². The van der Waals surface area contributed by atoms with Gasteiger partial charge in [-0.15, -0.1) is 24.8 Å². The first-order valence-corrected chi connectivity index (χ1v) is 3.93. The third-order valence-electron chi connectivity index (χ3n) is 2.00. The molecule has 0 aromatic carbocycles. The van der Waals surface area contributed by atoms with Gasteiger partial charge in [0.15, 0.2) is 0 Å². The van der Waals surface area contributed by atoms with Gasteiger partial charge >= 0.3 is 0 Å². The van der Waals surface area contributed by atoms with Crippen LogP contribution in [0.4, 0.5) is 0 Å². The number of likely N-dealkylation sites (tertiary alicyclic amines) is 1. The van der Waals surface area contributed by atoms with Crippen LogP contribution in [0.25, 0.3) is 0 Å². The van der Waals surface area contributed by atoms with E-state index < -0.39 is 0 Å². The minimum absolute atomic E-state index is 0. The van der Waals surface area contributed by atoms with Gasteiger partial charge in [-0.2, -0.15) is 0 Å². The van der Waals surface area contributed by atoms with Crippen LogP contribution in [0.15, 0.2) is 0 Å². The van der Waals surface area contributed by atoms with E-state index in [4.69, 9.17) is 10.8 Å². The molecule has 0 aromatic heterocycles. The van der Waals surface area contributed by atoms with Crippen LogP contribution in [0.5, 0.6) is 0 Å². The van der Waals surface area contributed by atoms with Crippen molar-refractivity contribution in [3.05, 3.63) is 0 Å². The summed E-state index contributed by atoms with van der Waals surface area (Å²) < 4.78 is 0. The van der Waals surface area contributed by atoms with Crippen molar-refractivity contribution in [3.8, 4) is 0 Å². The van der Waals surface area contributed by atoms with E-state index in [0.717, 1.165) is 39.0 Å². The molecule has 0 unspecified atom stereocenters. The lowest BCUT2D eigenvalue weighted by Crippen LogP contribution is -2.38. The van der Waals surface area contributed by atoms with E-state index >= 15 is 0 Å². The number of hydrogen-bond acceptors (Lipinski definition) is 3. The van der Waals surface area contributed by atoms with Gasteiger partial charge in [-0.1, -0.05) is 0 Å². The van der Waals surface area contributed by atoms with E-state index in [1.807, 2.05) is 0 Å².